The van der Waals surface area contributed by atoms with Crippen molar-refractivity contribution >= 4 is 0 Å². The average Bonchev–Trinajstić information content (AvgIpc) is 2.48. The summed E-state index contributed by atoms with van der Waals surface area (Å²) in [4.78, 5) is 2.39. The third-order valence-corrected chi connectivity index (χ3v) is 4.41. The normalized spacial score (nSPS) is 24.2. The van der Waals surface area contributed by atoms with Crippen molar-refractivity contribution in [1.82, 2.24) is 4.90 Å². The number of nitrogens with zero attached hydrogens (tertiary/aromatic N) is 1. The maximum absolute atomic E-state index is 12.5. The number of piperidine rings is 1. The molecular formula is C16H24F2N2. The Morgan fingerprint density at radius 1 is 1.30 bits per heavy atom. The number of benzene rings is 1. The molecule has 2 rings (SSSR count). The predicted molar refractivity (Wildman–Crippen MR) is 77.7 cm³/mol. The van der Waals surface area contributed by atoms with E-state index in [0.717, 1.165) is 31.0 Å². The van der Waals surface area contributed by atoms with Crippen molar-refractivity contribution in [2.75, 3.05) is 13.1 Å². The predicted octanol–water partition coefficient (Wildman–Crippen LogP) is 3.57. The SMILES string of the molecule is CCC1CCN(Cc2ccc(C(F)F)cc2)C(CN)C1. The quantitative estimate of drug-likeness (QED) is 0.894. The van der Waals surface area contributed by atoms with Crippen LogP contribution in [-0.2, 0) is 6.54 Å². The minimum absolute atomic E-state index is 0.0915. The van der Waals surface area contributed by atoms with Crippen LogP contribution in [0.4, 0.5) is 8.78 Å². The van der Waals surface area contributed by atoms with Gasteiger partial charge in [0, 0.05) is 24.7 Å². The van der Waals surface area contributed by atoms with Crippen LogP contribution in [0.25, 0.3) is 0 Å². The van der Waals surface area contributed by atoms with Crippen LogP contribution < -0.4 is 5.73 Å². The van der Waals surface area contributed by atoms with Gasteiger partial charge in [0.25, 0.3) is 6.43 Å². The fraction of sp³-hybridized carbons (Fsp3) is 0.625. The first kappa shape index (κ1) is 15.4. The van der Waals surface area contributed by atoms with Crippen molar-refractivity contribution in [3.8, 4) is 0 Å². The van der Waals surface area contributed by atoms with Gasteiger partial charge in [0.15, 0.2) is 0 Å². The summed E-state index contributed by atoms with van der Waals surface area (Å²) in [7, 11) is 0. The topological polar surface area (TPSA) is 29.3 Å². The first-order valence-corrected chi connectivity index (χ1v) is 7.45. The molecule has 0 spiro atoms. The smallest absolute Gasteiger partial charge is 0.263 e. The first-order chi connectivity index (χ1) is 9.63. The molecule has 0 radical (unpaired) electrons. The van der Waals surface area contributed by atoms with Crippen LogP contribution in [0.2, 0.25) is 0 Å². The molecule has 1 heterocycles. The van der Waals surface area contributed by atoms with Crippen LogP contribution in [0.5, 0.6) is 0 Å². The Labute approximate surface area is 120 Å². The molecule has 0 bridgehead atoms. The fourth-order valence-electron chi connectivity index (χ4n) is 3.01. The van der Waals surface area contributed by atoms with Crippen molar-refractivity contribution in [2.45, 2.75) is 45.2 Å². The molecular weight excluding hydrogens is 258 g/mol. The molecule has 1 aromatic carbocycles. The van der Waals surface area contributed by atoms with E-state index in [-0.39, 0.29) is 5.56 Å². The number of halogens is 2. The van der Waals surface area contributed by atoms with Gasteiger partial charge in [-0.15, -0.1) is 0 Å². The van der Waals surface area contributed by atoms with Crippen LogP contribution >= 0.6 is 0 Å². The van der Waals surface area contributed by atoms with Gasteiger partial charge >= 0.3 is 0 Å². The van der Waals surface area contributed by atoms with E-state index in [1.165, 1.54) is 25.0 Å². The van der Waals surface area contributed by atoms with Gasteiger partial charge in [0.2, 0.25) is 0 Å². The summed E-state index contributed by atoms with van der Waals surface area (Å²) in [6.07, 6.45) is 1.19. The second-order valence-electron chi connectivity index (χ2n) is 5.70. The van der Waals surface area contributed by atoms with E-state index >= 15 is 0 Å². The molecule has 0 aliphatic carbocycles. The Bertz CT molecular complexity index is 405. The molecule has 2 nitrogen and oxygen atoms in total. The van der Waals surface area contributed by atoms with Crippen LogP contribution in [0.1, 0.15) is 43.7 Å². The van der Waals surface area contributed by atoms with Gasteiger partial charge in [-0.25, -0.2) is 8.78 Å². The number of alkyl halides is 2. The van der Waals surface area contributed by atoms with E-state index in [0.29, 0.717) is 12.6 Å². The number of likely N-dealkylation sites (tertiary alicyclic amines) is 1. The highest BCUT2D eigenvalue weighted by atomic mass is 19.3. The lowest BCUT2D eigenvalue weighted by molar-refractivity contribution is 0.107. The van der Waals surface area contributed by atoms with Gasteiger partial charge in [-0.3, -0.25) is 4.90 Å². The monoisotopic (exact) mass is 282 g/mol. The van der Waals surface area contributed by atoms with Crippen LogP contribution in [0, 0.1) is 5.92 Å². The highest BCUT2D eigenvalue weighted by molar-refractivity contribution is 5.23. The lowest BCUT2D eigenvalue weighted by atomic mass is 9.88. The summed E-state index contributed by atoms with van der Waals surface area (Å²) in [6.45, 7) is 4.77. The summed E-state index contributed by atoms with van der Waals surface area (Å²) in [5, 5.41) is 0. The molecule has 1 aromatic rings. The summed E-state index contributed by atoms with van der Waals surface area (Å²) in [5.74, 6) is 0.779. The highest BCUT2D eigenvalue weighted by Crippen LogP contribution is 2.26. The van der Waals surface area contributed by atoms with Crippen LogP contribution in [-0.4, -0.2) is 24.0 Å². The Morgan fingerprint density at radius 3 is 2.55 bits per heavy atom. The average molecular weight is 282 g/mol. The van der Waals surface area contributed by atoms with Gasteiger partial charge in [-0.05, 0) is 30.9 Å². The number of nitrogens with two attached hydrogens (primary N) is 1. The molecule has 1 fully saturated rings. The van der Waals surface area contributed by atoms with E-state index < -0.39 is 6.43 Å². The second kappa shape index (κ2) is 7.14. The molecule has 4 heteroatoms. The Kier molecular flexibility index (Phi) is 5.49. The van der Waals surface area contributed by atoms with E-state index in [2.05, 4.69) is 11.8 Å². The standard InChI is InChI=1S/C16H24F2N2/c1-2-12-7-8-20(15(9-12)10-19)11-13-3-5-14(6-4-13)16(17)18/h3-6,12,15-16H,2,7-11,19H2,1H3. The van der Waals surface area contributed by atoms with Crippen molar-refractivity contribution in [1.29, 1.82) is 0 Å². The van der Waals surface area contributed by atoms with Crippen LogP contribution in [0.15, 0.2) is 24.3 Å². The second-order valence-corrected chi connectivity index (χ2v) is 5.70. The third-order valence-electron chi connectivity index (χ3n) is 4.41. The zero-order chi connectivity index (χ0) is 14.5. The van der Waals surface area contributed by atoms with Crippen molar-refractivity contribution in [3.05, 3.63) is 35.4 Å². The molecule has 1 aliphatic rings. The fourth-order valence-corrected chi connectivity index (χ4v) is 3.01. The first-order valence-electron chi connectivity index (χ1n) is 7.45. The lowest BCUT2D eigenvalue weighted by Gasteiger charge is -2.39. The Hall–Kier alpha value is -1.00. The third kappa shape index (κ3) is 3.76. The lowest BCUT2D eigenvalue weighted by Crippen LogP contribution is -2.45. The molecule has 0 aromatic heterocycles. The van der Waals surface area contributed by atoms with Gasteiger partial charge in [0.1, 0.15) is 0 Å². The molecule has 20 heavy (non-hydrogen) atoms. The molecule has 2 unspecified atom stereocenters. The number of hydrogen-bond acceptors (Lipinski definition) is 2. The number of rotatable bonds is 5. The zero-order valence-electron chi connectivity index (χ0n) is 12.1. The van der Waals surface area contributed by atoms with E-state index in [9.17, 15) is 8.78 Å². The molecule has 1 saturated heterocycles. The minimum atomic E-state index is -2.39. The molecule has 0 saturated carbocycles. The van der Waals surface area contributed by atoms with Crippen molar-refractivity contribution in [3.63, 3.8) is 0 Å². The minimum Gasteiger partial charge on any atom is -0.329 e. The van der Waals surface area contributed by atoms with Gasteiger partial charge in [-0.2, -0.15) is 0 Å². The molecule has 2 atom stereocenters. The summed E-state index contributed by atoms with van der Waals surface area (Å²) >= 11 is 0. The van der Waals surface area contributed by atoms with Crippen LogP contribution in [0.3, 0.4) is 0 Å². The molecule has 2 N–H and O–H groups in total. The maximum Gasteiger partial charge on any atom is 0.263 e. The maximum atomic E-state index is 12.5. The molecule has 112 valence electrons. The Morgan fingerprint density at radius 2 is 2.00 bits per heavy atom. The van der Waals surface area contributed by atoms with Gasteiger partial charge in [-0.1, -0.05) is 37.6 Å². The summed E-state index contributed by atoms with van der Waals surface area (Å²) in [6, 6.07) is 7.08. The molecule has 0 amide bonds. The number of hydrogen-bond donors (Lipinski definition) is 1. The van der Waals surface area contributed by atoms with Gasteiger partial charge < -0.3 is 5.73 Å². The van der Waals surface area contributed by atoms with Crippen molar-refractivity contribution < 1.29 is 8.78 Å². The van der Waals surface area contributed by atoms with E-state index in [1.54, 1.807) is 12.1 Å². The van der Waals surface area contributed by atoms with E-state index in [1.807, 2.05) is 0 Å². The zero-order valence-corrected chi connectivity index (χ0v) is 12.1. The largest absolute Gasteiger partial charge is 0.329 e. The molecule has 1 aliphatic heterocycles. The summed E-state index contributed by atoms with van der Waals surface area (Å²) < 4.78 is 25.1. The highest BCUT2D eigenvalue weighted by Gasteiger charge is 2.26. The van der Waals surface area contributed by atoms with E-state index in [4.69, 9.17) is 5.73 Å². The van der Waals surface area contributed by atoms with Gasteiger partial charge in [0.05, 0.1) is 0 Å². The summed E-state index contributed by atoms with van der Waals surface area (Å²) in [5.41, 5.74) is 7.06. The van der Waals surface area contributed by atoms with Crippen molar-refractivity contribution in [2.24, 2.45) is 11.7 Å². The Balaban J connectivity index is 1.98.